The number of carbonyl (C=O) groups excluding carboxylic acids is 3. The summed E-state index contributed by atoms with van der Waals surface area (Å²) < 4.78 is 5.63. The van der Waals surface area contributed by atoms with Crippen LogP contribution in [0.15, 0.2) is 36.7 Å². The van der Waals surface area contributed by atoms with Crippen LogP contribution in [0.2, 0.25) is 0 Å². The molecule has 0 aliphatic carbocycles. The van der Waals surface area contributed by atoms with Gasteiger partial charge in [-0.3, -0.25) is 20.2 Å². The Labute approximate surface area is 167 Å². The van der Waals surface area contributed by atoms with E-state index in [0.29, 0.717) is 11.5 Å². The van der Waals surface area contributed by atoms with Gasteiger partial charge in [0.25, 0.3) is 6.54 Å². The predicted molar refractivity (Wildman–Crippen MR) is 105 cm³/mol. The van der Waals surface area contributed by atoms with Crippen molar-refractivity contribution in [1.29, 1.82) is 0 Å². The fraction of sp³-hybridized carbons (Fsp3) is 0.263. The molecule has 0 saturated heterocycles. The fourth-order valence-corrected chi connectivity index (χ4v) is 1.89. The van der Waals surface area contributed by atoms with E-state index in [2.05, 4.69) is 30.8 Å². The van der Waals surface area contributed by atoms with Gasteiger partial charge < -0.3 is 14.9 Å². The molecule has 2 rings (SSSR count). The Bertz CT molecular complexity index is 944. The molecule has 0 bridgehead atoms. The van der Waals surface area contributed by atoms with Crippen LogP contribution in [0.5, 0.6) is 11.5 Å². The monoisotopic (exact) mass is 396 g/mol. The number of nitrogens with zero attached hydrogens (tertiary/aromatic N) is 3. The highest BCUT2D eigenvalue weighted by atomic mass is 16.5. The summed E-state index contributed by atoms with van der Waals surface area (Å²) in [7, 11) is 0. The number of ether oxygens (including phenoxy) is 1. The zero-order valence-electron chi connectivity index (χ0n) is 16.1. The Hall–Kier alpha value is -4.00. The summed E-state index contributed by atoms with van der Waals surface area (Å²) in [6.45, 7) is 11.5. The second kappa shape index (κ2) is 9.27. The number of aromatic nitrogens is 2. The van der Waals surface area contributed by atoms with Crippen molar-refractivity contribution in [3.8, 4) is 11.5 Å². The average Bonchev–Trinajstić information content (AvgIpc) is 2.63. The molecule has 3 N–H and O–H groups in total. The minimum Gasteiger partial charge on any atom is -0.456 e. The van der Waals surface area contributed by atoms with Crippen molar-refractivity contribution in [2.45, 2.75) is 20.8 Å². The minimum absolute atomic E-state index is 0.235. The molecule has 0 aliphatic heterocycles. The molecule has 150 valence electrons. The smallest absolute Gasteiger partial charge is 0.327 e. The minimum atomic E-state index is -0.693. The molecule has 10 heteroatoms. The number of hydrogen-bond donors (Lipinski definition) is 3. The van der Waals surface area contributed by atoms with Crippen molar-refractivity contribution in [2.24, 2.45) is 5.41 Å². The van der Waals surface area contributed by atoms with Crippen LogP contribution in [0.3, 0.4) is 0 Å². The topological polar surface area (TPSA) is 127 Å². The van der Waals surface area contributed by atoms with Crippen molar-refractivity contribution in [3.05, 3.63) is 48.1 Å². The van der Waals surface area contributed by atoms with Crippen molar-refractivity contribution < 1.29 is 19.1 Å². The summed E-state index contributed by atoms with van der Waals surface area (Å²) in [5, 5.41) is 7.18. The first-order valence-corrected chi connectivity index (χ1v) is 8.53. The molecular formula is C19H20N6O4. The standard InChI is InChI=1S/C19H20N6O4/c1-19(2,3)17(27)25-18(28)24-14-6-5-13(10-22-14)29-12-7-8-21-15(9-12)23-16(26)11-20-4/h5-10H,11H2,1-3H3,(H,21,23,26)(H2,22,24,25,27,28). The first-order chi connectivity index (χ1) is 13.7. The van der Waals surface area contributed by atoms with Crippen molar-refractivity contribution >= 4 is 29.5 Å². The molecule has 4 amide bonds. The van der Waals surface area contributed by atoms with Gasteiger partial charge in [0.05, 0.1) is 6.20 Å². The zero-order chi connectivity index (χ0) is 21.4. The quantitative estimate of drug-likeness (QED) is 0.667. The average molecular weight is 396 g/mol. The Kier molecular flexibility index (Phi) is 6.81. The Morgan fingerprint density at radius 3 is 2.45 bits per heavy atom. The van der Waals surface area contributed by atoms with Gasteiger partial charge in [0.1, 0.15) is 23.1 Å². The number of nitrogens with one attached hydrogen (secondary N) is 3. The van der Waals surface area contributed by atoms with Crippen LogP contribution >= 0.6 is 0 Å². The van der Waals surface area contributed by atoms with Crippen LogP contribution < -0.4 is 20.7 Å². The Morgan fingerprint density at radius 1 is 1.07 bits per heavy atom. The van der Waals surface area contributed by atoms with Gasteiger partial charge in [-0.2, -0.15) is 0 Å². The van der Waals surface area contributed by atoms with Crippen LogP contribution in [0.4, 0.5) is 16.4 Å². The molecule has 0 unspecified atom stereocenters. The van der Waals surface area contributed by atoms with Crippen LogP contribution in [0.25, 0.3) is 4.85 Å². The number of carbonyl (C=O) groups is 3. The normalized spacial score (nSPS) is 10.4. The predicted octanol–water partition coefficient (Wildman–Crippen LogP) is 2.82. The molecule has 0 spiro atoms. The van der Waals surface area contributed by atoms with E-state index in [1.54, 1.807) is 32.9 Å². The summed E-state index contributed by atoms with van der Waals surface area (Å²) in [6, 6.07) is 5.49. The molecule has 10 nitrogen and oxygen atoms in total. The highest BCUT2D eigenvalue weighted by Crippen LogP contribution is 2.23. The first-order valence-electron chi connectivity index (χ1n) is 8.53. The van der Waals surface area contributed by atoms with E-state index in [1.165, 1.54) is 24.5 Å². The highest BCUT2D eigenvalue weighted by molar-refractivity contribution is 6.02. The number of urea groups is 1. The second-order valence-corrected chi connectivity index (χ2v) is 6.88. The molecule has 29 heavy (non-hydrogen) atoms. The SMILES string of the molecule is [C-]#[N+]CC(=O)Nc1cc(Oc2ccc(NC(=O)NC(=O)C(C)(C)C)nc2)ccn1. The second-order valence-electron chi connectivity index (χ2n) is 6.88. The van der Waals surface area contributed by atoms with Gasteiger partial charge in [-0.15, -0.1) is 0 Å². The maximum Gasteiger partial charge on any atom is 0.327 e. The maximum atomic E-state index is 11.8. The lowest BCUT2D eigenvalue weighted by molar-refractivity contribution is -0.127. The summed E-state index contributed by atoms with van der Waals surface area (Å²) in [5.41, 5.74) is -0.693. The lowest BCUT2D eigenvalue weighted by atomic mass is 9.96. The molecule has 0 fully saturated rings. The van der Waals surface area contributed by atoms with Gasteiger partial charge in [-0.25, -0.2) is 21.3 Å². The highest BCUT2D eigenvalue weighted by Gasteiger charge is 2.23. The third-order valence-electron chi connectivity index (χ3n) is 3.34. The molecular weight excluding hydrogens is 376 g/mol. The van der Waals surface area contributed by atoms with Gasteiger partial charge >= 0.3 is 11.9 Å². The summed E-state index contributed by atoms with van der Waals surface area (Å²) in [4.78, 5) is 46.1. The molecule has 0 aliphatic rings. The van der Waals surface area contributed by atoms with E-state index in [-0.39, 0.29) is 18.2 Å². The van der Waals surface area contributed by atoms with Crippen LogP contribution in [0.1, 0.15) is 20.8 Å². The Morgan fingerprint density at radius 2 is 1.83 bits per heavy atom. The van der Waals surface area contributed by atoms with Crippen LogP contribution in [-0.2, 0) is 9.59 Å². The Balaban J connectivity index is 1.96. The number of rotatable bonds is 5. The van der Waals surface area contributed by atoms with Crippen molar-refractivity contribution in [3.63, 3.8) is 0 Å². The molecule has 0 saturated carbocycles. The molecule has 0 radical (unpaired) electrons. The van der Waals surface area contributed by atoms with Gasteiger partial charge in [0.2, 0.25) is 5.91 Å². The van der Waals surface area contributed by atoms with Gasteiger partial charge in [0.15, 0.2) is 0 Å². The van der Waals surface area contributed by atoms with E-state index in [9.17, 15) is 14.4 Å². The third kappa shape index (κ3) is 6.91. The number of hydrogen-bond acceptors (Lipinski definition) is 6. The number of anilines is 2. The van der Waals surface area contributed by atoms with E-state index in [1.807, 2.05) is 0 Å². The van der Waals surface area contributed by atoms with Gasteiger partial charge in [-0.1, -0.05) is 20.8 Å². The molecule has 0 atom stereocenters. The largest absolute Gasteiger partial charge is 0.456 e. The number of amides is 4. The van der Waals surface area contributed by atoms with Crippen molar-refractivity contribution in [2.75, 3.05) is 17.2 Å². The van der Waals surface area contributed by atoms with Gasteiger partial charge in [0, 0.05) is 17.7 Å². The maximum absolute atomic E-state index is 11.8. The van der Waals surface area contributed by atoms with E-state index in [4.69, 9.17) is 11.3 Å². The molecule has 2 aromatic heterocycles. The van der Waals surface area contributed by atoms with E-state index >= 15 is 0 Å². The summed E-state index contributed by atoms with van der Waals surface area (Å²) in [6.07, 6.45) is 2.83. The van der Waals surface area contributed by atoms with E-state index < -0.39 is 23.3 Å². The molecule has 2 heterocycles. The zero-order valence-corrected chi connectivity index (χ0v) is 16.1. The van der Waals surface area contributed by atoms with E-state index in [0.717, 1.165) is 0 Å². The first kappa shape index (κ1) is 21.3. The lowest BCUT2D eigenvalue weighted by Crippen LogP contribution is -2.41. The summed E-state index contributed by atoms with van der Waals surface area (Å²) in [5.74, 6) is 0.387. The van der Waals surface area contributed by atoms with Crippen LogP contribution in [-0.4, -0.2) is 34.4 Å². The van der Waals surface area contributed by atoms with Crippen molar-refractivity contribution in [1.82, 2.24) is 15.3 Å². The van der Waals surface area contributed by atoms with Gasteiger partial charge in [-0.05, 0) is 18.2 Å². The fourth-order valence-electron chi connectivity index (χ4n) is 1.89. The third-order valence-corrected chi connectivity index (χ3v) is 3.34. The number of imide groups is 1. The summed E-state index contributed by atoms with van der Waals surface area (Å²) >= 11 is 0. The molecule has 2 aromatic rings. The molecule has 0 aromatic carbocycles. The lowest BCUT2D eigenvalue weighted by Gasteiger charge is -2.16. The number of pyridine rings is 2. The van der Waals surface area contributed by atoms with Crippen LogP contribution in [0, 0.1) is 12.0 Å².